The fourth-order valence-electron chi connectivity index (χ4n) is 3.04. The average Bonchev–Trinajstić information content (AvgIpc) is 3.25. The lowest BCUT2D eigenvalue weighted by atomic mass is 10.1. The van der Waals surface area contributed by atoms with E-state index in [4.69, 9.17) is 4.52 Å². The van der Waals surface area contributed by atoms with E-state index in [2.05, 4.69) is 29.0 Å². The molecule has 1 amide bonds. The van der Waals surface area contributed by atoms with Crippen molar-refractivity contribution in [1.82, 2.24) is 15.1 Å². The fraction of sp³-hybridized carbons (Fsp3) is 0.263. The van der Waals surface area contributed by atoms with Gasteiger partial charge in [-0.25, -0.2) is 0 Å². The van der Waals surface area contributed by atoms with Crippen LogP contribution in [-0.4, -0.2) is 27.6 Å². The van der Waals surface area contributed by atoms with Crippen molar-refractivity contribution in [3.8, 4) is 11.4 Å². The number of hydrogen-bond acceptors (Lipinski definition) is 5. The summed E-state index contributed by atoms with van der Waals surface area (Å²) in [7, 11) is 0. The molecule has 1 aromatic carbocycles. The van der Waals surface area contributed by atoms with E-state index in [0.29, 0.717) is 24.7 Å². The second kappa shape index (κ2) is 6.12. The summed E-state index contributed by atoms with van der Waals surface area (Å²) in [6.45, 7) is 4.67. The first kappa shape index (κ1) is 15.5. The topological polar surface area (TPSA) is 72.1 Å². The summed E-state index contributed by atoms with van der Waals surface area (Å²) in [6, 6.07) is 9.73. The second-order valence-electron chi connectivity index (χ2n) is 6.37. The van der Waals surface area contributed by atoms with Gasteiger partial charge in [0.25, 0.3) is 0 Å². The number of pyridine rings is 1. The molecule has 1 fully saturated rings. The maximum Gasteiger partial charge on any atom is 0.232 e. The lowest BCUT2D eigenvalue weighted by molar-refractivity contribution is -0.117. The largest absolute Gasteiger partial charge is 0.339 e. The van der Waals surface area contributed by atoms with Crippen molar-refractivity contribution in [2.45, 2.75) is 26.2 Å². The highest BCUT2D eigenvalue weighted by atomic mass is 16.5. The van der Waals surface area contributed by atoms with Crippen LogP contribution < -0.4 is 4.90 Å². The number of nitrogens with zero attached hydrogens (tertiary/aromatic N) is 4. The van der Waals surface area contributed by atoms with Crippen LogP contribution in [0, 0.1) is 13.8 Å². The minimum Gasteiger partial charge on any atom is -0.339 e. The third kappa shape index (κ3) is 2.91. The van der Waals surface area contributed by atoms with Crippen molar-refractivity contribution in [3.63, 3.8) is 0 Å². The van der Waals surface area contributed by atoms with Gasteiger partial charge in [0.2, 0.25) is 17.6 Å². The lowest BCUT2D eigenvalue weighted by Crippen LogP contribution is -2.24. The van der Waals surface area contributed by atoms with Gasteiger partial charge in [-0.2, -0.15) is 4.98 Å². The van der Waals surface area contributed by atoms with E-state index in [0.717, 1.165) is 11.3 Å². The van der Waals surface area contributed by atoms with Gasteiger partial charge < -0.3 is 9.42 Å². The van der Waals surface area contributed by atoms with Gasteiger partial charge in [0.05, 0.1) is 5.92 Å². The van der Waals surface area contributed by atoms with E-state index < -0.39 is 0 Å². The highest BCUT2D eigenvalue weighted by Gasteiger charge is 2.35. The number of aryl methyl sites for hydroxylation is 2. The summed E-state index contributed by atoms with van der Waals surface area (Å²) in [5.41, 5.74) is 4.15. The van der Waals surface area contributed by atoms with Crippen LogP contribution >= 0.6 is 0 Å². The van der Waals surface area contributed by atoms with E-state index in [1.54, 1.807) is 17.3 Å². The average molecular weight is 334 g/mol. The van der Waals surface area contributed by atoms with Crippen LogP contribution in [0.15, 0.2) is 47.2 Å². The van der Waals surface area contributed by atoms with Gasteiger partial charge in [0.1, 0.15) is 0 Å². The monoisotopic (exact) mass is 334 g/mol. The van der Waals surface area contributed by atoms with Gasteiger partial charge >= 0.3 is 0 Å². The summed E-state index contributed by atoms with van der Waals surface area (Å²) in [6.07, 6.45) is 3.75. The van der Waals surface area contributed by atoms with Gasteiger partial charge in [-0.15, -0.1) is 0 Å². The van der Waals surface area contributed by atoms with Crippen molar-refractivity contribution in [2.24, 2.45) is 0 Å². The van der Waals surface area contributed by atoms with Crippen LogP contribution in [0.2, 0.25) is 0 Å². The molecule has 0 aliphatic carbocycles. The molecule has 0 radical (unpaired) electrons. The molecule has 2 aromatic heterocycles. The molecule has 6 heteroatoms. The first-order valence-corrected chi connectivity index (χ1v) is 8.23. The van der Waals surface area contributed by atoms with Crippen LogP contribution in [0.5, 0.6) is 0 Å². The predicted octanol–water partition coefficient (Wildman–Crippen LogP) is 3.27. The molecule has 126 valence electrons. The number of aromatic nitrogens is 3. The quantitative estimate of drug-likeness (QED) is 0.735. The van der Waals surface area contributed by atoms with E-state index in [9.17, 15) is 4.79 Å². The molecule has 4 rings (SSSR count). The zero-order chi connectivity index (χ0) is 17.4. The van der Waals surface area contributed by atoms with Gasteiger partial charge in [-0.3, -0.25) is 9.78 Å². The Bertz CT molecular complexity index is 920. The Hall–Kier alpha value is -3.02. The molecule has 1 aliphatic rings. The SMILES string of the molecule is Cc1ccc(N2C[C@H](c3nc(-c4ccncc4)no3)CC2=O)cc1C. The summed E-state index contributed by atoms with van der Waals surface area (Å²) < 4.78 is 5.42. The Balaban J connectivity index is 1.56. The van der Waals surface area contributed by atoms with E-state index >= 15 is 0 Å². The van der Waals surface area contributed by atoms with Gasteiger partial charge in [-0.05, 0) is 49.2 Å². The molecule has 0 unspecified atom stereocenters. The third-order valence-electron chi connectivity index (χ3n) is 4.66. The number of carbonyl (C=O) groups excluding carboxylic acids is 1. The molecule has 3 aromatic rings. The number of hydrogen-bond donors (Lipinski definition) is 0. The third-order valence-corrected chi connectivity index (χ3v) is 4.66. The summed E-state index contributed by atoms with van der Waals surface area (Å²) >= 11 is 0. The van der Waals surface area contributed by atoms with E-state index in [-0.39, 0.29) is 11.8 Å². The molecule has 3 heterocycles. The molecular formula is C19H18N4O2. The standard InChI is InChI=1S/C19H18N4O2/c1-12-3-4-16(9-13(12)2)23-11-15(10-17(23)24)19-21-18(22-25-19)14-5-7-20-8-6-14/h3-9,15H,10-11H2,1-2H3/t15-/m1/s1. The Kier molecular flexibility index (Phi) is 3.80. The minimum atomic E-state index is -0.0859. The van der Waals surface area contributed by atoms with Crippen molar-refractivity contribution in [1.29, 1.82) is 0 Å². The van der Waals surface area contributed by atoms with Crippen LogP contribution in [0.1, 0.15) is 29.4 Å². The Morgan fingerprint density at radius 2 is 1.92 bits per heavy atom. The first-order valence-electron chi connectivity index (χ1n) is 8.23. The zero-order valence-corrected chi connectivity index (χ0v) is 14.1. The van der Waals surface area contributed by atoms with Crippen molar-refractivity contribution in [2.75, 3.05) is 11.4 Å². The van der Waals surface area contributed by atoms with E-state index in [1.165, 1.54) is 11.1 Å². The Morgan fingerprint density at radius 1 is 1.12 bits per heavy atom. The number of benzene rings is 1. The van der Waals surface area contributed by atoms with Crippen LogP contribution in [-0.2, 0) is 4.79 Å². The van der Waals surface area contributed by atoms with Crippen LogP contribution in [0.4, 0.5) is 5.69 Å². The Morgan fingerprint density at radius 3 is 2.68 bits per heavy atom. The molecule has 0 N–H and O–H groups in total. The van der Waals surface area contributed by atoms with Gasteiger partial charge in [0, 0.05) is 36.6 Å². The van der Waals surface area contributed by atoms with Crippen molar-refractivity contribution >= 4 is 11.6 Å². The minimum absolute atomic E-state index is 0.0805. The lowest BCUT2D eigenvalue weighted by Gasteiger charge is -2.17. The highest BCUT2D eigenvalue weighted by Crippen LogP contribution is 2.32. The Labute approximate surface area is 145 Å². The smallest absolute Gasteiger partial charge is 0.232 e. The molecule has 0 bridgehead atoms. The van der Waals surface area contributed by atoms with Crippen LogP contribution in [0.25, 0.3) is 11.4 Å². The molecule has 1 aliphatic heterocycles. The summed E-state index contributed by atoms with van der Waals surface area (Å²) in [5, 5.41) is 4.04. The second-order valence-corrected chi connectivity index (χ2v) is 6.37. The normalized spacial score (nSPS) is 17.3. The fourth-order valence-corrected chi connectivity index (χ4v) is 3.04. The zero-order valence-electron chi connectivity index (χ0n) is 14.1. The number of anilines is 1. The molecule has 0 spiro atoms. The first-order chi connectivity index (χ1) is 12.1. The van der Waals surface area contributed by atoms with Gasteiger partial charge in [-0.1, -0.05) is 11.2 Å². The molecule has 6 nitrogen and oxygen atoms in total. The molecule has 25 heavy (non-hydrogen) atoms. The number of amides is 1. The highest BCUT2D eigenvalue weighted by molar-refractivity contribution is 5.96. The van der Waals surface area contributed by atoms with Crippen molar-refractivity contribution in [3.05, 3.63) is 59.7 Å². The number of carbonyl (C=O) groups is 1. The van der Waals surface area contributed by atoms with E-state index in [1.807, 2.05) is 30.3 Å². The molecular weight excluding hydrogens is 316 g/mol. The molecule has 0 saturated carbocycles. The molecule has 1 atom stereocenters. The number of rotatable bonds is 3. The molecule has 1 saturated heterocycles. The predicted molar refractivity (Wildman–Crippen MR) is 93.2 cm³/mol. The maximum atomic E-state index is 12.5. The summed E-state index contributed by atoms with van der Waals surface area (Å²) in [4.78, 5) is 22.7. The van der Waals surface area contributed by atoms with Gasteiger partial charge in [0.15, 0.2) is 0 Å². The maximum absolute atomic E-state index is 12.5. The summed E-state index contributed by atoms with van der Waals surface area (Å²) in [5.74, 6) is 1.02. The van der Waals surface area contributed by atoms with Crippen LogP contribution in [0.3, 0.4) is 0 Å². The van der Waals surface area contributed by atoms with Crippen molar-refractivity contribution < 1.29 is 9.32 Å².